The molecule has 1 aromatic rings. The largest absolute Gasteiger partial charge is 0.394 e. The van der Waals surface area contributed by atoms with Crippen molar-refractivity contribution < 1.29 is 32.6 Å². The molecule has 1 rings (SSSR count). The van der Waals surface area contributed by atoms with Gasteiger partial charge in [0.2, 0.25) is 0 Å². The molecule has 0 radical (unpaired) electrons. The molecule has 12 heavy (non-hydrogen) atoms. The Morgan fingerprint density at radius 1 is 1.17 bits per heavy atom. The Bertz CT molecular complexity index is 210. The minimum Gasteiger partial charge on any atom is -0.176 e. The summed E-state index contributed by atoms with van der Waals surface area (Å²) in [6.45, 7) is 0. The average molecular weight is 247 g/mol. The second-order valence-electron chi connectivity index (χ2n) is 1.77. The fraction of sp³-hybridized carbons (Fsp3) is 0.143. The zero-order valence-corrected chi connectivity index (χ0v) is 9.84. The van der Waals surface area contributed by atoms with Gasteiger partial charge in [-0.1, -0.05) is 5.56 Å². The summed E-state index contributed by atoms with van der Waals surface area (Å²) in [5, 5.41) is 0. The van der Waals surface area contributed by atoms with Crippen LogP contribution in [0.1, 0.15) is 5.56 Å². The van der Waals surface area contributed by atoms with Gasteiger partial charge in [0.1, 0.15) is 0 Å². The van der Waals surface area contributed by atoms with Crippen molar-refractivity contribution in [2.75, 3.05) is 0 Å². The third-order valence-corrected chi connectivity index (χ3v) is 1.01. The summed E-state index contributed by atoms with van der Waals surface area (Å²) in [7, 11) is 0. The van der Waals surface area contributed by atoms with Crippen LogP contribution in [0.4, 0.5) is 13.2 Å². The van der Waals surface area contributed by atoms with Gasteiger partial charge in [-0.05, 0) is 0 Å². The molecule has 0 N–H and O–H groups in total. The summed E-state index contributed by atoms with van der Waals surface area (Å²) in [5.74, 6) is 0. The van der Waals surface area contributed by atoms with Crippen molar-refractivity contribution in [3.05, 3.63) is 35.9 Å². The van der Waals surface area contributed by atoms with Crippen molar-refractivity contribution in [2.24, 2.45) is 0 Å². The van der Waals surface area contributed by atoms with Gasteiger partial charge in [0.05, 0.1) is 0 Å². The van der Waals surface area contributed by atoms with E-state index in [1.807, 2.05) is 0 Å². The molecule has 0 saturated heterocycles. The Morgan fingerprint density at radius 3 is 2.00 bits per heavy atom. The molecule has 0 bridgehead atoms. The molecule has 1 aromatic carbocycles. The molecule has 0 atom stereocenters. The van der Waals surface area contributed by atoms with E-state index in [9.17, 15) is 13.2 Å². The minimum atomic E-state index is -4.26. The molecule has 0 aliphatic heterocycles. The van der Waals surface area contributed by atoms with E-state index < -0.39 is 11.7 Å². The maximum atomic E-state index is 11.8. The first-order chi connectivity index (χ1) is 4.61. The molecule has 0 unspecified atom stereocenters. The molecule has 0 heterocycles. The normalized spacial score (nSPS) is 9.58. The number of hydrogen-bond acceptors (Lipinski definition) is 0. The molecular formula is C7H5ClF3Zn-. The first-order valence-corrected chi connectivity index (χ1v) is 2.64. The monoisotopic (exact) mass is 245 g/mol. The first-order valence-electron chi connectivity index (χ1n) is 2.64. The smallest absolute Gasteiger partial charge is 0.176 e. The summed E-state index contributed by atoms with van der Waals surface area (Å²) < 4.78 is 35.3. The third kappa shape index (κ3) is 4.08. The summed E-state index contributed by atoms with van der Waals surface area (Å²) in [6.07, 6.45) is -4.26. The molecule has 0 saturated carbocycles. The van der Waals surface area contributed by atoms with E-state index in [2.05, 4.69) is 6.07 Å². The Hall–Kier alpha value is -0.0766. The second-order valence-corrected chi connectivity index (χ2v) is 1.77. The Morgan fingerprint density at radius 2 is 1.75 bits per heavy atom. The van der Waals surface area contributed by atoms with E-state index in [1.165, 1.54) is 18.2 Å². The van der Waals surface area contributed by atoms with E-state index in [0.717, 1.165) is 6.07 Å². The van der Waals surface area contributed by atoms with Crippen LogP contribution in [0.3, 0.4) is 0 Å². The number of rotatable bonds is 0. The third-order valence-electron chi connectivity index (χ3n) is 1.01. The van der Waals surface area contributed by atoms with Crippen LogP contribution < -0.4 is 0 Å². The summed E-state index contributed by atoms with van der Waals surface area (Å²) >= 11 is 0. The fourth-order valence-corrected chi connectivity index (χ4v) is 0.570. The maximum absolute atomic E-state index is 11.8. The van der Waals surface area contributed by atoms with Crippen LogP contribution in [-0.2, 0) is 25.7 Å². The molecule has 0 spiro atoms. The topological polar surface area (TPSA) is 0 Å². The van der Waals surface area contributed by atoms with Crippen molar-refractivity contribution in [3.63, 3.8) is 0 Å². The summed E-state index contributed by atoms with van der Waals surface area (Å²) in [6, 6.07) is 7.14. The van der Waals surface area contributed by atoms with Crippen LogP contribution >= 0.6 is 12.4 Å². The van der Waals surface area contributed by atoms with Gasteiger partial charge in [-0.25, -0.2) is 0 Å². The van der Waals surface area contributed by atoms with Crippen LogP contribution in [-0.4, -0.2) is 0 Å². The molecule has 64 valence electrons. The molecule has 0 amide bonds. The van der Waals surface area contributed by atoms with Crippen LogP contribution in [0.5, 0.6) is 0 Å². The predicted octanol–water partition coefficient (Wildman–Crippen LogP) is 2.92. The van der Waals surface area contributed by atoms with Crippen LogP contribution in [0.2, 0.25) is 0 Å². The van der Waals surface area contributed by atoms with Crippen molar-refractivity contribution in [2.45, 2.75) is 6.18 Å². The van der Waals surface area contributed by atoms with Crippen molar-refractivity contribution in [3.8, 4) is 0 Å². The van der Waals surface area contributed by atoms with E-state index in [-0.39, 0.29) is 31.9 Å². The van der Waals surface area contributed by atoms with Crippen LogP contribution in [0.25, 0.3) is 0 Å². The quantitative estimate of drug-likeness (QED) is 0.488. The molecule has 0 aliphatic carbocycles. The zero-order valence-electron chi connectivity index (χ0n) is 6.06. The van der Waals surface area contributed by atoms with Gasteiger partial charge >= 0.3 is 6.18 Å². The fourth-order valence-electron chi connectivity index (χ4n) is 0.570. The number of halogens is 4. The van der Waals surface area contributed by atoms with Gasteiger partial charge in [0, 0.05) is 19.5 Å². The van der Waals surface area contributed by atoms with Crippen LogP contribution in [0.15, 0.2) is 24.3 Å². The maximum Gasteiger partial charge on any atom is 0.394 e. The van der Waals surface area contributed by atoms with Gasteiger partial charge in [0.15, 0.2) is 0 Å². The Kier molecular flexibility index (Phi) is 6.68. The Labute approximate surface area is 87.3 Å². The van der Waals surface area contributed by atoms with Crippen molar-refractivity contribution in [1.29, 1.82) is 0 Å². The van der Waals surface area contributed by atoms with Crippen LogP contribution in [0, 0.1) is 6.07 Å². The molecular weight excluding hydrogens is 242 g/mol. The van der Waals surface area contributed by atoms with Gasteiger partial charge in [-0.2, -0.15) is 43.5 Å². The van der Waals surface area contributed by atoms with E-state index >= 15 is 0 Å². The number of benzene rings is 1. The van der Waals surface area contributed by atoms with Crippen molar-refractivity contribution >= 4 is 12.4 Å². The second kappa shape index (κ2) is 5.55. The first kappa shape index (κ1) is 14.4. The van der Waals surface area contributed by atoms with Gasteiger partial charge in [-0.15, -0.1) is 12.4 Å². The predicted molar refractivity (Wildman–Crippen MR) is 37.5 cm³/mol. The summed E-state index contributed by atoms with van der Waals surface area (Å²) in [4.78, 5) is 0. The molecule has 0 aliphatic rings. The standard InChI is InChI=1S/C7H4F3.ClH.Zn/c8-7(9,10)6-4-2-1-3-5-6;;/h1-4H;1H;/q-1;;. The zero-order chi connectivity index (χ0) is 7.61. The van der Waals surface area contributed by atoms with Gasteiger partial charge < -0.3 is 0 Å². The molecule has 0 aromatic heterocycles. The van der Waals surface area contributed by atoms with E-state index in [4.69, 9.17) is 0 Å². The van der Waals surface area contributed by atoms with Gasteiger partial charge in [-0.3, -0.25) is 0 Å². The SMILES string of the molecule is Cl.FC(F)(F)c1[c-]cccc1.[Zn]. The summed E-state index contributed by atoms with van der Waals surface area (Å²) in [5.41, 5.74) is -0.727. The number of hydrogen-bond donors (Lipinski definition) is 0. The van der Waals surface area contributed by atoms with E-state index in [1.54, 1.807) is 0 Å². The minimum absolute atomic E-state index is 0. The Balaban J connectivity index is 0. The molecule has 5 heteroatoms. The average Bonchev–Trinajstić information content (AvgIpc) is 1.88. The number of alkyl halides is 3. The molecule has 0 fully saturated rings. The van der Waals surface area contributed by atoms with E-state index in [0.29, 0.717) is 0 Å². The van der Waals surface area contributed by atoms with Gasteiger partial charge in [0.25, 0.3) is 0 Å². The molecule has 0 nitrogen and oxygen atoms in total. The van der Waals surface area contributed by atoms with Crippen molar-refractivity contribution in [1.82, 2.24) is 0 Å².